The highest BCUT2D eigenvalue weighted by Gasteiger charge is 2.29. The zero-order chi connectivity index (χ0) is 16.4. The predicted molar refractivity (Wildman–Crippen MR) is 94.7 cm³/mol. The fourth-order valence-electron chi connectivity index (χ4n) is 2.88. The summed E-state index contributed by atoms with van der Waals surface area (Å²) in [6, 6.07) is 27.2. The first kappa shape index (κ1) is 14.5. The molecule has 0 unspecified atom stereocenters. The molecule has 24 heavy (non-hydrogen) atoms. The molecule has 0 fully saturated rings. The summed E-state index contributed by atoms with van der Waals surface area (Å²) in [6.07, 6.45) is 0. The van der Waals surface area contributed by atoms with Crippen LogP contribution >= 0.6 is 0 Å². The van der Waals surface area contributed by atoms with Crippen molar-refractivity contribution in [3.05, 3.63) is 103 Å². The van der Waals surface area contributed by atoms with E-state index >= 15 is 0 Å². The van der Waals surface area contributed by atoms with Gasteiger partial charge in [0.05, 0.1) is 11.4 Å². The van der Waals surface area contributed by atoms with E-state index in [4.69, 9.17) is 0 Å². The number of carbonyl (C=O) groups excluding carboxylic acids is 1. The van der Waals surface area contributed by atoms with Crippen LogP contribution in [0.15, 0.2) is 84.9 Å². The number of urea groups is 1. The van der Waals surface area contributed by atoms with Crippen LogP contribution in [0.3, 0.4) is 0 Å². The molecule has 0 aromatic heterocycles. The molecule has 2 amide bonds. The lowest BCUT2D eigenvalue weighted by Gasteiger charge is -2.27. The van der Waals surface area contributed by atoms with Gasteiger partial charge in [-0.1, -0.05) is 60.7 Å². The largest absolute Gasteiger partial charge is 0.330 e. The maximum atomic E-state index is 13.2. The smallest absolute Gasteiger partial charge is 0.304 e. The van der Waals surface area contributed by atoms with E-state index in [1.165, 1.54) is 0 Å². The van der Waals surface area contributed by atoms with E-state index in [1.54, 1.807) is 9.80 Å². The quantitative estimate of drug-likeness (QED) is 0.663. The first-order chi connectivity index (χ1) is 11.8. The number of hydrogen-bond donors (Lipinski definition) is 0. The molecule has 0 spiro atoms. The van der Waals surface area contributed by atoms with Gasteiger partial charge in [-0.3, -0.25) is 4.90 Å². The van der Waals surface area contributed by atoms with E-state index in [0.29, 0.717) is 6.54 Å². The number of hydrogen-bond acceptors (Lipinski definition) is 1. The molecule has 3 heteroatoms. The van der Waals surface area contributed by atoms with Crippen molar-refractivity contribution in [2.24, 2.45) is 0 Å². The molecule has 1 heterocycles. The first-order valence-corrected chi connectivity index (χ1v) is 7.89. The summed E-state index contributed by atoms with van der Waals surface area (Å²) in [5, 5.41) is 0. The average Bonchev–Trinajstić information content (AvgIpc) is 3.08. The second-order valence-electron chi connectivity index (χ2n) is 5.64. The van der Waals surface area contributed by atoms with Gasteiger partial charge in [0.2, 0.25) is 0 Å². The molecule has 0 aliphatic carbocycles. The molecule has 2 radical (unpaired) electrons. The molecule has 4 rings (SSSR count). The number of amides is 2. The standard InChI is InChI=1S/C21H16N2O/c24-21(22-15-17-9-7-8-10-18(17)16-22)23(19-11-3-1-4-12-19)20-13-5-2-6-14-20/h1-14H,15H2. The van der Waals surface area contributed by atoms with Crippen molar-refractivity contribution in [2.75, 3.05) is 4.90 Å². The van der Waals surface area contributed by atoms with Crippen molar-refractivity contribution in [3.63, 3.8) is 0 Å². The zero-order valence-electron chi connectivity index (χ0n) is 13.1. The lowest BCUT2D eigenvalue weighted by Crippen LogP contribution is -2.37. The Labute approximate surface area is 141 Å². The van der Waals surface area contributed by atoms with E-state index in [1.807, 2.05) is 84.9 Å². The minimum atomic E-state index is -0.108. The highest BCUT2D eigenvalue weighted by Crippen LogP contribution is 2.31. The molecular formula is C21H16N2O. The number of benzene rings is 3. The van der Waals surface area contributed by atoms with Gasteiger partial charge in [0, 0.05) is 6.54 Å². The van der Waals surface area contributed by atoms with Crippen LogP contribution in [0.5, 0.6) is 0 Å². The minimum absolute atomic E-state index is 0.108. The van der Waals surface area contributed by atoms with E-state index in [0.717, 1.165) is 22.5 Å². The number of fused-ring (bicyclic) bond motifs is 1. The molecular weight excluding hydrogens is 296 g/mol. The Morgan fingerprint density at radius 3 is 1.92 bits per heavy atom. The van der Waals surface area contributed by atoms with E-state index in [2.05, 4.69) is 6.54 Å². The number of para-hydroxylation sites is 2. The first-order valence-electron chi connectivity index (χ1n) is 7.89. The lowest BCUT2D eigenvalue weighted by molar-refractivity contribution is 0.221. The van der Waals surface area contributed by atoms with Crippen LogP contribution < -0.4 is 4.90 Å². The van der Waals surface area contributed by atoms with Crippen molar-refractivity contribution in [1.82, 2.24) is 4.90 Å². The molecule has 0 saturated heterocycles. The summed E-state index contributed by atoms with van der Waals surface area (Å²) < 4.78 is 0. The molecule has 0 atom stereocenters. The molecule has 3 aromatic carbocycles. The maximum absolute atomic E-state index is 13.2. The highest BCUT2D eigenvalue weighted by molar-refractivity contribution is 6.00. The molecule has 3 aromatic rings. The SMILES string of the molecule is O=C(N1[C]c2ccccc2C1)N(c1ccccc1)c1ccccc1. The molecule has 0 N–H and O–H groups in total. The monoisotopic (exact) mass is 312 g/mol. The van der Waals surface area contributed by atoms with Gasteiger partial charge in [-0.2, -0.15) is 0 Å². The summed E-state index contributed by atoms with van der Waals surface area (Å²) in [4.78, 5) is 16.6. The van der Waals surface area contributed by atoms with E-state index in [-0.39, 0.29) is 6.03 Å². The Balaban J connectivity index is 1.69. The van der Waals surface area contributed by atoms with Crippen molar-refractivity contribution in [1.29, 1.82) is 0 Å². The summed E-state index contributed by atoms with van der Waals surface area (Å²) >= 11 is 0. The Morgan fingerprint density at radius 1 is 0.792 bits per heavy atom. The van der Waals surface area contributed by atoms with Crippen LogP contribution in [0.2, 0.25) is 0 Å². The summed E-state index contributed by atoms with van der Waals surface area (Å²) in [7, 11) is 0. The fourth-order valence-corrected chi connectivity index (χ4v) is 2.88. The molecule has 1 aliphatic heterocycles. The maximum Gasteiger partial charge on any atom is 0.330 e. The zero-order valence-corrected chi connectivity index (χ0v) is 13.1. The van der Waals surface area contributed by atoms with Gasteiger partial charge in [-0.15, -0.1) is 0 Å². The van der Waals surface area contributed by atoms with Gasteiger partial charge < -0.3 is 4.90 Å². The Kier molecular flexibility index (Phi) is 3.75. The van der Waals surface area contributed by atoms with Gasteiger partial charge in [0.15, 0.2) is 0 Å². The van der Waals surface area contributed by atoms with Crippen LogP contribution in [-0.4, -0.2) is 10.9 Å². The third-order valence-electron chi connectivity index (χ3n) is 4.05. The number of nitrogens with zero attached hydrogens (tertiary/aromatic N) is 2. The highest BCUT2D eigenvalue weighted by atomic mass is 16.2. The van der Waals surface area contributed by atoms with Crippen LogP contribution in [0, 0.1) is 6.54 Å². The van der Waals surface area contributed by atoms with Crippen LogP contribution in [0.1, 0.15) is 11.1 Å². The third kappa shape index (κ3) is 2.65. The van der Waals surface area contributed by atoms with E-state index in [9.17, 15) is 4.79 Å². The minimum Gasteiger partial charge on any atom is -0.304 e. The van der Waals surface area contributed by atoms with Crippen LogP contribution in [-0.2, 0) is 6.54 Å². The van der Waals surface area contributed by atoms with Crippen molar-refractivity contribution < 1.29 is 4.79 Å². The van der Waals surface area contributed by atoms with Gasteiger partial charge in [0.25, 0.3) is 0 Å². The molecule has 3 nitrogen and oxygen atoms in total. The number of anilines is 2. The summed E-state index contributed by atoms with van der Waals surface area (Å²) in [5.74, 6) is 0. The van der Waals surface area contributed by atoms with Crippen molar-refractivity contribution >= 4 is 17.4 Å². The summed E-state index contributed by atoms with van der Waals surface area (Å²) in [5.41, 5.74) is 3.77. The second-order valence-corrected chi connectivity index (χ2v) is 5.64. The average molecular weight is 312 g/mol. The second kappa shape index (κ2) is 6.20. The Morgan fingerprint density at radius 2 is 1.33 bits per heavy atom. The van der Waals surface area contributed by atoms with Gasteiger partial charge >= 0.3 is 6.03 Å². The van der Waals surface area contributed by atoms with Crippen LogP contribution in [0.4, 0.5) is 16.2 Å². The van der Waals surface area contributed by atoms with Gasteiger partial charge in [-0.05, 0) is 35.4 Å². The molecule has 0 bridgehead atoms. The third-order valence-corrected chi connectivity index (χ3v) is 4.05. The normalized spacial score (nSPS) is 12.8. The molecule has 116 valence electrons. The molecule has 1 aliphatic rings. The molecule has 0 saturated carbocycles. The Bertz CT molecular complexity index is 781. The topological polar surface area (TPSA) is 23.6 Å². The van der Waals surface area contributed by atoms with Gasteiger partial charge in [-0.25, -0.2) is 4.79 Å². The number of carbonyl (C=O) groups is 1. The van der Waals surface area contributed by atoms with Crippen molar-refractivity contribution in [2.45, 2.75) is 6.54 Å². The van der Waals surface area contributed by atoms with Gasteiger partial charge in [0.1, 0.15) is 6.54 Å². The lowest BCUT2D eigenvalue weighted by atomic mass is 10.1. The number of rotatable bonds is 2. The summed E-state index contributed by atoms with van der Waals surface area (Å²) in [6.45, 7) is 3.74. The predicted octanol–water partition coefficient (Wildman–Crippen LogP) is 4.85. The van der Waals surface area contributed by atoms with Crippen LogP contribution in [0.25, 0.3) is 0 Å². The Hall–Kier alpha value is -3.07. The fraction of sp³-hybridized carbons (Fsp3) is 0.0476. The van der Waals surface area contributed by atoms with E-state index < -0.39 is 0 Å². The van der Waals surface area contributed by atoms with Crippen molar-refractivity contribution in [3.8, 4) is 0 Å².